The van der Waals surface area contributed by atoms with Gasteiger partial charge in [0, 0.05) is 32.1 Å². The van der Waals surface area contributed by atoms with E-state index in [1.54, 1.807) is 21.3 Å². The predicted octanol–water partition coefficient (Wildman–Crippen LogP) is 1.89. The molecule has 1 N–H and O–H groups in total. The van der Waals surface area contributed by atoms with Crippen LogP contribution < -0.4 is 19.5 Å². The quantitative estimate of drug-likeness (QED) is 0.841. The molecule has 1 unspecified atom stereocenters. The Bertz CT molecular complexity index is 554. The van der Waals surface area contributed by atoms with Crippen LogP contribution in [0, 0.1) is 0 Å². The van der Waals surface area contributed by atoms with E-state index in [0.29, 0.717) is 30.1 Å². The number of rotatable bonds is 6. The molecule has 1 aromatic carbocycles. The predicted molar refractivity (Wildman–Crippen MR) is 95.7 cm³/mol. The third-order valence-corrected chi connectivity index (χ3v) is 4.22. The number of carbonyl (C=O) groups is 1. The highest BCUT2D eigenvalue weighted by Gasteiger charge is 2.23. The van der Waals surface area contributed by atoms with Crippen molar-refractivity contribution in [3.63, 3.8) is 0 Å². The van der Waals surface area contributed by atoms with Crippen LogP contribution in [0.3, 0.4) is 0 Å². The van der Waals surface area contributed by atoms with Crippen LogP contribution in [0.1, 0.15) is 18.9 Å². The monoisotopic (exact) mass is 358 g/mol. The molecule has 1 saturated heterocycles. The largest absolute Gasteiger partial charge is 0.493 e. The Hall–Kier alpha value is -1.66. The summed E-state index contributed by atoms with van der Waals surface area (Å²) in [6.45, 7) is 4.55. The summed E-state index contributed by atoms with van der Waals surface area (Å²) < 4.78 is 16.1. The van der Waals surface area contributed by atoms with Gasteiger partial charge in [-0.3, -0.25) is 4.79 Å². The summed E-state index contributed by atoms with van der Waals surface area (Å²) in [6.07, 6.45) is 1.06. The molecule has 24 heavy (non-hydrogen) atoms. The number of hydrogen-bond acceptors (Lipinski definition) is 5. The molecule has 1 atom stereocenters. The van der Waals surface area contributed by atoms with E-state index < -0.39 is 0 Å². The van der Waals surface area contributed by atoms with Gasteiger partial charge in [-0.05, 0) is 25.0 Å². The zero-order chi connectivity index (χ0) is 16.8. The third kappa shape index (κ3) is 4.45. The van der Waals surface area contributed by atoms with Crippen molar-refractivity contribution in [2.45, 2.75) is 25.8 Å². The van der Waals surface area contributed by atoms with Crippen LogP contribution in [0.5, 0.6) is 17.2 Å². The van der Waals surface area contributed by atoms with Crippen LogP contribution in [0.2, 0.25) is 0 Å². The fourth-order valence-corrected chi connectivity index (χ4v) is 2.96. The molecule has 6 nitrogen and oxygen atoms in total. The van der Waals surface area contributed by atoms with Crippen molar-refractivity contribution in [2.24, 2.45) is 0 Å². The lowest BCUT2D eigenvalue weighted by Gasteiger charge is -2.34. The minimum Gasteiger partial charge on any atom is -0.493 e. The Balaban J connectivity index is 0.00000288. The average Bonchev–Trinajstić information content (AvgIpc) is 2.58. The molecule has 0 radical (unpaired) electrons. The number of halogens is 1. The molecular formula is C17H27ClN2O4. The first-order valence-corrected chi connectivity index (χ1v) is 7.90. The van der Waals surface area contributed by atoms with Crippen LogP contribution >= 0.6 is 12.4 Å². The lowest BCUT2D eigenvalue weighted by atomic mass is 10.1. The number of nitrogens with one attached hydrogen (secondary N) is 1. The van der Waals surface area contributed by atoms with Gasteiger partial charge in [-0.1, -0.05) is 6.07 Å². The van der Waals surface area contributed by atoms with Gasteiger partial charge >= 0.3 is 0 Å². The van der Waals surface area contributed by atoms with Crippen molar-refractivity contribution in [2.75, 3.05) is 41.0 Å². The maximum atomic E-state index is 12.5. The smallest absolute Gasteiger partial charge is 0.223 e. The summed E-state index contributed by atoms with van der Waals surface area (Å²) >= 11 is 0. The SMILES string of the molecule is COc1ccc(CCC(=O)N2CCNCC2C)c(OC)c1OC.Cl. The normalized spacial score (nSPS) is 17.0. The number of ether oxygens (including phenoxy) is 3. The van der Waals surface area contributed by atoms with Crippen molar-refractivity contribution < 1.29 is 19.0 Å². The van der Waals surface area contributed by atoms with Crippen LogP contribution in [0.25, 0.3) is 0 Å². The van der Waals surface area contributed by atoms with Gasteiger partial charge in [-0.25, -0.2) is 0 Å². The van der Waals surface area contributed by atoms with Gasteiger partial charge in [-0.15, -0.1) is 12.4 Å². The standard InChI is InChI=1S/C17H26N2O4.ClH/c1-12-11-18-9-10-19(12)15(20)8-6-13-5-7-14(21-2)17(23-4)16(13)22-3;/h5,7,12,18H,6,8-11H2,1-4H3;1H. The van der Waals surface area contributed by atoms with Crippen molar-refractivity contribution >= 4 is 18.3 Å². The summed E-state index contributed by atoms with van der Waals surface area (Å²) in [5, 5.41) is 3.29. The first-order valence-electron chi connectivity index (χ1n) is 7.90. The molecule has 1 amide bonds. The van der Waals surface area contributed by atoms with E-state index >= 15 is 0 Å². The van der Waals surface area contributed by atoms with Crippen LogP contribution in [-0.4, -0.2) is 57.8 Å². The molecular weight excluding hydrogens is 332 g/mol. The zero-order valence-electron chi connectivity index (χ0n) is 14.8. The number of hydrogen-bond donors (Lipinski definition) is 1. The number of aryl methyl sites for hydroxylation is 1. The highest BCUT2D eigenvalue weighted by molar-refractivity contribution is 5.85. The van der Waals surface area contributed by atoms with Gasteiger partial charge in [0.25, 0.3) is 0 Å². The lowest BCUT2D eigenvalue weighted by molar-refractivity contribution is -0.133. The Labute approximate surface area is 149 Å². The zero-order valence-corrected chi connectivity index (χ0v) is 15.6. The van der Waals surface area contributed by atoms with E-state index in [2.05, 4.69) is 12.2 Å². The second-order valence-corrected chi connectivity index (χ2v) is 5.63. The van der Waals surface area contributed by atoms with Crippen molar-refractivity contribution in [3.8, 4) is 17.2 Å². The molecule has 1 aliphatic heterocycles. The summed E-state index contributed by atoms with van der Waals surface area (Å²) in [4.78, 5) is 14.4. The molecule has 0 bridgehead atoms. The molecule has 136 valence electrons. The van der Waals surface area contributed by atoms with Crippen LogP contribution in [0.4, 0.5) is 0 Å². The minimum absolute atomic E-state index is 0. The number of carbonyl (C=O) groups excluding carboxylic acids is 1. The van der Waals surface area contributed by atoms with E-state index in [1.807, 2.05) is 17.0 Å². The highest BCUT2D eigenvalue weighted by atomic mass is 35.5. The van der Waals surface area contributed by atoms with Crippen molar-refractivity contribution in [1.82, 2.24) is 10.2 Å². The number of benzene rings is 1. The average molecular weight is 359 g/mol. The fraction of sp³-hybridized carbons (Fsp3) is 0.588. The Morgan fingerprint density at radius 1 is 1.21 bits per heavy atom. The summed E-state index contributed by atoms with van der Waals surface area (Å²) in [7, 11) is 4.77. The van der Waals surface area contributed by atoms with Crippen LogP contribution in [-0.2, 0) is 11.2 Å². The third-order valence-electron chi connectivity index (χ3n) is 4.22. The fourth-order valence-electron chi connectivity index (χ4n) is 2.96. The molecule has 0 aromatic heterocycles. The number of piperazine rings is 1. The molecule has 0 aliphatic carbocycles. The molecule has 1 aromatic rings. The van der Waals surface area contributed by atoms with Gasteiger partial charge in [0.15, 0.2) is 11.5 Å². The minimum atomic E-state index is 0. The molecule has 1 heterocycles. The number of amides is 1. The van der Waals surface area contributed by atoms with Gasteiger partial charge in [0.05, 0.1) is 21.3 Å². The van der Waals surface area contributed by atoms with E-state index in [0.717, 1.165) is 25.2 Å². The molecule has 1 fully saturated rings. The summed E-state index contributed by atoms with van der Waals surface area (Å²) in [5.41, 5.74) is 0.946. The molecule has 2 rings (SSSR count). The van der Waals surface area contributed by atoms with Gasteiger partial charge < -0.3 is 24.4 Å². The summed E-state index contributed by atoms with van der Waals surface area (Å²) in [6, 6.07) is 4.01. The topological polar surface area (TPSA) is 60.0 Å². The lowest BCUT2D eigenvalue weighted by Crippen LogP contribution is -2.52. The Morgan fingerprint density at radius 2 is 1.92 bits per heavy atom. The first-order chi connectivity index (χ1) is 11.1. The molecule has 0 saturated carbocycles. The van der Waals surface area contributed by atoms with E-state index in [9.17, 15) is 4.79 Å². The molecule has 1 aliphatic rings. The van der Waals surface area contributed by atoms with Gasteiger partial charge in [0.2, 0.25) is 11.7 Å². The second kappa shape index (κ2) is 9.59. The van der Waals surface area contributed by atoms with Gasteiger partial charge in [-0.2, -0.15) is 0 Å². The van der Waals surface area contributed by atoms with Crippen LogP contribution in [0.15, 0.2) is 12.1 Å². The van der Waals surface area contributed by atoms with E-state index in [4.69, 9.17) is 14.2 Å². The van der Waals surface area contributed by atoms with Gasteiger partial charge in [0.1, 0.15) is 0 Å². The Morgan fingerprint density at radius 3 is 2.50 bits per heavy atom. The molecule has 0 spiro atoms. The first kappa shape index (κ1) is 20.4. The highest BCUT2D eigenvalue weighted by Crippen LogP contribution is 2.40. The van der Waals surface area contributed by atoms with Crippen molar-refractivity contribution in [1.29, 1.82) is 0 Å². The maximum absolute atomic E-state index is 12.5. The Kier molecular flexibility index (Phi) is 8.15. The van der Waals surface area contributed by atoms with Crippen molar-refractivity contribution in [3.05, 3.63) is 17.7 Å². The maximum Gasteiger partial charge on any atom is 0.223 e. The number of methoxy groups -OCH3 is 3. The van der Waals surface area contributed by atoms with E-state index in [1.165, 1.54) is 0 Å². The van der Waals surface area contributed by atoms with E-state index in [-0.39, 0.29) is 24.4 Å². The number of nitrogens with zero attached hydrogens (tertiary/aromatic N) is 1. The molecule has 7 heteroatoms. The second-order valence-electron chi connectivity index (χ2n) is 5.63. The summed E-state index contributed by atoms with van der Waals surface area (Å²) in [5.74, 6) is 1.99.